The van der Waals surface area contributed by atoms with E-state index in [1.165, 1.54) is 4.90 Å². The minimum absolute atomic E-state index is 0.116. The van der Waals surface area contributed by atoms with Gasteiger partial charge in [-0.25, -0.2) is 13.8 Å². The van der Waals surface area contributed by atoms with Crippen molar-refractivity contribution >= 4 is 34.1 Å². The van der Waals surface area contributed by atoms with E-state index in [4.69, 9.17) is 9.72 Å². The molecule has 220 valence electrons. The lowest BCUT2D eigenvalue weighted by atomic mass is 9.95. The minimum atomic E-state index is -2.71. The number of thiazole rings is 1. The first-order chi connectivity index (χ1) is 19.8. The number of likely N-dealkylation sites (tertiary alicyclic amines) is 1. The monoisotopic (exact) mass is 587 g/mol. The van der Waals surface area contributed by atoms with E-state index in [1.807, 2.05) is 17.5 Å². The molecule has 0 radical (unpaired) electrons. The molecule has 1 aromatic heterocycles. The molecule has 6 rings (SSSR count). The van der Waals surface area contributed by atoms with Gasteiger partial charge in [-0.2, -0.15) is 0 Å². The molecule has 4 aliphatic rings. The predicted octanol–water partition coefficient (Wildman–Crippen LogP) is 2.91. The van der Waals surface area contributed by atoms with Crippen molar-refractivity contribution in [1.29, 1.82) is 0 Å². The average Bonchev–Trinajstić information content (AvgIpc) is 3.78. The number of halogens is 2. The lowest BCUT2D eigenvalue weighted by Crippen LogP contribution is -2.54. The molecule has 0 bridgehead atoms. The van der Waals surface area contributed by atoms with Crippen molar-refractivity contribution in [3.8, 4) is 11.3 Å². The van der Waals surface area contributed by atoms with Crippen LogP contribution in [0.25, 0.3) is 11.3 Å². The van der Waals surface area contributed by atoms with E-state index in [-0.39, 0.29) is 24.9 Å². The first-order valence-electron chi connectivity index (χ1n) is 14.3. The maximum Gasteiger partial charge on any atom is 0.251 e. The molecule has 12 heteroatoms. The van der Waals surface area contributed by atoms with Crippen LogP contribution >= 0.6 is 11.3 Å². The molecule has 3 saturated heterocycles. The Bertz CT molecular complexity index is 1280. The van der Waals surface area contributed by atoms with Crippen LogP contribution in [0.1, 0.15) is 36.0 Å². The van der Waals surface area contributed by atoms with Gasteiger partial charge in [0.25, 0.3) is 5.91 Å². The minimum Gasteiger partial charge on any atom is -0.367 e. The number of rotatable bonds is 7. The highest BCUT2D eigenvalue weighted by Gasteiger charge is 2.56. The van der Waals surface area contributed by atoms with Gasteiger partial charge in [-0.1, -0.05) is 25.0 Å². The summed E-state index contributed by atoms with van der Waals surface area (Å²) in [4.78, 5) is 50.3. The molecule has 9 nitrogen and oxygen atoms in total. The number of carbonyl (C=O) groups excluding carboxylic acids is 3. The second-order valence-corrected chi connectivity index (χ2v) is 12.4. The van der Waals surface area contributed by atoms with Gasteiger partial charge < -0.3 is 24.8 Å². The molecular weight excluding hydrogens is 552 g/mol. The van der Waals surface area contributed by atoms with Crippen LogP contribution in [0.15, 0.2) is 29.6 Å². The third-order valence-electron chi connectivity index (χ3n) is 8.96. The molecule has 0 spiro atoms. The molecule has 1 N–H and O–H groups in total. The molecule has 4 heterocycles. The van der Waals surface area contributed by atoms with Crippen LogP contribution in [-0.4, -0.2) is 103 Å². The summed E-state index contributed by atoms with van der Waals surface area (Å²) < 4.78 is 32.8. The topological polar surface area (TPSA) is 95.1 Å². The van der Waals surface area contributed by atoms with Crippen molar-refractivity contribution in [2.45, 2.75) is 50.3 Å². The van der Waals surface area contributed by atoms with E-state index in [1.54, 1.807) is 23.5 Å². The third-order valence-corrected chi connectivity index (χ3v) is 9.87. The van der Waals surface area contributed by atoms with E-state index in [0.717, 1.165) is 68.3 Å². The van der Waals surface area contributed by atoms with Crippen molar-refractivity contribution in [2.24, 2.45) is 11.8 Å². The van der Waals surface area contributed by atoms with Crippen molar-refractivity contribution in [3.63, 3.8) is 0 Å². The summed E-state index contributed by atoms with van der Waals surface area (Å²) in [6, 6.07) is 5.20. The number of hydrogen-bond acceptors (Lipinski definition) is 8. The Hall–Kier alpha value is -2.96. The fourth-order valence-electron chi connectivity index (χ4n) is 6.55. The van der Waals surface area contributed by atoms with E-state index in [2.05, 4.69) is 22.2 Å². The van der Waals surface area contributed by atoms with Gasteiger partial charge in [0.1, 0.15) is 18.7 Å². The first kappa shape index (κ1) is 28.2. The van der Waals surface area contributed by atoms with Gasteiger partial charge in [0.2, 0.25) is 12.3 Å². The Morgan fingerprint density at radius 3 is 2.49 bits per heavy atom. The molecule has 3 aliphatic heterocycles. The van der Waals surface area contributed by atoms with E-state index in [0.29, 0.717) is 5.56 Å². The number of nitrogens with one attached hydrogen (secondary N) is 1. The first-order valence-corrected chi connectivity index (χ1v) is 15.2. The number of benzene rings is 1. The van der Waals surface area contributed by atoms with Gasteiger partial charge in [0.15, 0.2) is 10.9 Å². The number of carbonyl (C=O) groups is 3. The molecule has 2 amide bonds. The fourth-order valence-corrected chi connectivity index (χ4v) is 7.44. The SMILES string of the molecule is CN1CCN(c2nc(-c3ccc(C(=O)N[C@H](C(=O)N4C[C@@H](C(F)F)[C@H]5OCC(=O)[C@H]54)C4CCCC4)cc3)cs2)CC1. The molecule has 4 atom stereocenters. The Morgan fingerprint density at radius 1 is 1.10 bits per heavy atom. The number of ether oxygens (including phenoxy) is 1. The van der Waals surface area contributed by atoms with Gasteiger partial charge in [-0.3, -0.25) is 14.4 Å². The number of anilines is 1. The number of Topliss-reactive ketones (excluding diaryl/α,β-unsaturated/α-hetero) is 1. The number of fused-ring (bicyclic) bond motifs is 1. The largest absolute Gasteiger partial charge is 0.367 e. The summed E-state index contributed by atoms with van der Waals surface area (Å²) in [6.45, 7) is 3.34. The zero-order valence-corrected chi connectivity index (χ0v) is 23.8. The van der Waals surface area contributed by atoms with E-state index < -0.39 is 42.3 Å². The summed E-state index contributed by atoms with van der Waals surface area (Å²) in [5.41, 5.74) is 2.13. The Balaban J connectivity index is 1.16. The summed E-state index contributed by atoms with van der Waals surface area (Å²) in [7, 11) is 2.12. The number of ketones is 1. The number of amides is 2. The second-order valence-electron chi connectivity index (χ2n) is 11.6. The van der Waals surface area contributed by atoms with Crippen LogP contribution in [0.2, 0.25) is 0 Å². The quantitative estimate of drug-likeness (QED) is 0.533. The number of aromatic nitrogens is 1. The van der Waals surface area contributed by atoms with Crippen molar-refractivity contribution in [1.82, 2.24) is 20.1 Å². The van der Waals surface area contributed by atoms with Crippen LogP contribution in [0.3, 0.4) is 0 Å². The predicted molar refractivity (Wildman–Crippen MR) is 150 cm³/mol. The van der Waals surface area contributed by atoms with Gasteiger partial charge in [-0.05, 0) is 37.9 Å². The molecule has 41 heavy (non-hydrogen) atoms. The highest BCUT2D eigenvalue weighted by Crippen LogP contribution is 2.37. The summed E-state index contributed by atoms with van der Waals surface area (Å²) >= 11 is 1.60. The molecule has 4 fully saturated rings. The van der Waals surface area contributed by atoms with Crippen molar-refractivity contribution in [2.75, 3.05) is 51.3 Å². The summed E-state index contributed by atoms with van der Waals surface area (Å²) in [6.07, 6.45) is -0.354. The maximum atomic E-state index is 13.8. The molecule has 1 aromatic carbocycles. The number of nitrogens with zero attached hydrogens (tertiary/aromatic N) is 4. The fraction of sp³-hybridized carbons (Fsp3) is 0.586. The zero-order valence-electron chi connectivity index (χ0n) is 23.0. The molecular formula is C29H35F2N5O4S. The van der Waals surface area contributed by atoms with Gasteiger partial charge >= 0.3 is 0 Å². The van der Waals surface area contributed by atoms with E-state index >= 15 is 0 Å². The molecule has 0 unspecified atom stereocenters. The summed E-state index contributed by atoms with van der Waals surface area (Å²) in [5.74, 6) is -2.58. The number of hydrogen-bond donors (Lipinski definition) is 1. The number of likely N-dealkylation sites (N-methyl/N-ethyl adjacent to an activating group) is 1. The Labute approximate surface area is 241 Å². The smallest absolute Gasteiger partial charge is 0.251 e. The maximum absolute atomic E-state index is 13.8. The standard InChI is InChI=1S/C29H35F2N5O4S/c1-34-10-12-35(13-11-34)29-32-21(16-41-29)17-6-8-19(9-7-17)27(38)33-23(18-4-2-3-5-18)28(39)36-14-20(26(30)31)25-24(36)22(37)15-40-25/h6-9,16,18,20,23-26H,2-5,10-15H2,1H3,(H,33,38)/t20-,23+,24-,25-/m1/s1. The third kappa shape index (κ3) is 5.61. The second kappa shape index (κ2) is 11.7. The lowest BCUT2D eigenvalue weighted by molar-refractivity contribution is -0.139. The van der Waals surface area contributed by atoms with E-state index in [9.17, 15) is 23.2 Å². The highest BCUT2D eigenvalue weighted by atomic mass is 32.1. The average molecular weight is 588 g/mol. The van der Waals surface area contributed by atoms with Gasteiger partial charge in [-0.15, -0.1) is 11.3 Å². The molecule has 1 aliphatic carbocycles. The highest BCUT2D eigenvalue weighted by molar-refractivity contribution is 7.14. The number of alkyl halides is 2. The van der Waals surface area contributed by atoms with Crippen LogP contribution < -0.4 is 10.2 Å². The van der Waals surface area contributed by atoms with Crippen LogP contribution in [0, 0.1) is 11.8 Å². The van der Waals surface area contributed by atoms with Crippen LogP contribution in [0.5, 0.6) is 0 Å². The molecule has 1 saturated carbocycles. The van der Waals surface area contributed by atoms with Crippen molar-refractivity contribution < 1.29 is 27.9 Å². The van der Waals surface area contributed by atoms with Gasteiger partial charge in [0.05, 0.1) is 17.7 Å². The summed E-state index contributed by atoms with van der Waals surface area (Å²) in [5, 5.41) is 5.91. The number of piperazine rings is 1. The lowest BCUT2D eigenvalue weighted by Gasteiger charge is -2.32. The zero-order chi connectivity index (χ0) is 28.7. The molecule has 2 aromatic rings. The van der Waals surface area contributed by atoms with Crippen LogP contribution in [0.4, 0.5) is 13.9 Å². The normalized spacial score (nSPS) is 26.1. The van der Waals surface area contributed by atoms with Crippen LogP contribution in [-0.2, 0) is 14.3 Å². The van der Waals surface area contributed by atoms with Gasteiger partial charge in [0, 0.05) is 49.2 Å². The Morgan fingerprint density at radius 2 is 1.80 bits per heavy atom. The van der Waals surface area contributed by atoms with Crippen molar-refractivity contribution in [3.05, 3.63) is 35.2 Å². The Kier molecular flexibility index (Phi) is 8.06.